The van der Waals surface area contributed by atoms with Crippen molar-refractivity contribution in [3.8, 4) is 5.75 Å². The summed E-state index contributed by atoms with van der Waals surface area (Å²) in [4.78, 5) is 11.6. The zero-order chi connectivity index (χ0) is 19.5. The molecule has 0 spiro atoms. The van der Waals surface area contributed by atoms with E-state index in [1.807, 2.05) is 0 Å². The van der Waals surface area contributed by atoms with Crippen molar-refractivity contribution in [1.29, 1.82) is 0 Å². The van der Waals surface area contributed by atoms with Crippen LogP contribution in [0, 0.1) is 17.7 Å². The van der Waals surface area contributed by atoms with E-state index in [4.69, 9.17) is 4.74 Å². The second-order valence-electron chi connectivity index (χ2n) is 6.42. The van der Waals surface area contributed by atoms with Gasteiger partial charge in [-0.25, -0.2) is 17.5 Å². The Hall–Kier alpha value is -1.84. The van der Waals surface area contributed by atoms with Crippen LogP contribution in [0.15, 0.2) is 18.2 Å². The van der Waals surface area contributed by atoms with Crippen molar-refractivity contribution < 1.29 is 35.5 Å². The molecular weight excluding hydrogens is 378 g/mol. The highest BCUT2D eigenvalue weighted by Gasteiger charge is 2.41. The van der Waals surface area contributed by atoms with E-state index < -0.39 is 39.4 Å². The van der Waals surface area contributed by atoms with Gasteiger partial charge in [0, 0.05) is 6.07 Å². The Bertz CT molecular complexity index is 756. The summed E-state index contributed by atoms with van der Waals surface area (Å²) in [6, 6.07) is 3.34. The highest BCUT2D eigenvalue weighted by atomic mass is 32.2. The Morgan fingerprint density at radius 1 is 1.23 bits per heavy atom. The van der Waals surface area contributed by atoms with Crippen molar-refractivity contribution >= 4 is 15.9 Å². The average molecular weight is 397 g/mol. The van der Waals surface area contributed by atoms with Gasteiger partial charge in [-0.05, 0) is 43.7 Å². The molecule has 0 aromatic heterocycles. The fraction of sp³-hybridized carbons (Fsp3) is 0.562. The largest absolute Gasteiger partial charge is 0.493 e. The number of carbonyl (C=O) groups excluding carboxylic acids is 1. The molecule has 2 rings (SSSR count). The lowest BCUT2D eigenvalue weighted by Gasteiger charge is -2.29. The Balaban J connectivity index is 1.90. The lowest BCUT2D eigenvalue weighted by Crippen LogP contribution is -2.30. The molecule has 0 unspecified atom stereocenters. The molecule has 0 bridgehead atoms. The molecule has 1 saturated carbocycles. The van der Waals surface area contributed by atoms with Crippen LogP contribution in [-0.4, -0.2) is 33.4 Å². The number of benzene rings is 1. The summed E-state index contributed by atoms with van der Waals surface area (Å²) in [5.41, 5.74) is -0.450. The van der Waals surface area contributed by atoms with E-state index in [0.717, 1.165) is 18.4 Å². The number of alkyl halides is 3. The number of rotatable bonds is 5. The second kappa shape index (κ2) is 7.81. The average Bonchev–Trinajstić information content (AvgIpc) is 2.50. The number of nitrogens with one attached hydrogen (secondary N) is 1. The predicted molar refractivity (Wildman–Crippen MR) is 85.7 cm³/mol. The Labute approximate surface area is 148 Å². The number of sulfonamides is 1. The van der Waals surface area contributed by atoms with Crippen LogP contribution in [0.5, 0.6) is 5.75 Å². The van der Waals surface area contributed by atoms with Crippen LogP contribution >= 0.6 is 0 Å². The minimum atomic E-state index is -4.17. The first-order valence-corrected chi connectivity index (χ1v) is 9.86. The Kier molecular flexibility index (Phi) is 6.15. The quantitative estimate of drug-likeness (QED) is 0.774. The molecule has 1 N–H and O–H groups in total. The van der Waals surface area contributed by atoms with Crippen LogP contribution in [0.3, 0.4) is 0 Å². The maximum atomic E-state index is 14.0. The number of hydrogen-bond donors (Lipinski definition) is 1. The van der Waals surface area contributed by atoms with E-state index in [2.05, 4.69) is 0 Å². The van der Waals surface area contributed by atoms with Crippen LogP contribution in [0.25, 0.3) is 0 Å². The third kappa shape index (κ3) is 5.86. The zero-order valence-corrected chi connectivity index (χ0v) is 14.8. The molecule has 146 valence electrons. The first kappa shape index (κ1) is 20.5. The summed E-state index contributed by atoms with van der Waals surface area (Å²) in [6.07, 6.45) is -2.54. The number of amides is 1. The molecule has 5 nitrogen and oxygen atoms in total. The molecule has 1 aliphatic rings. The summed E-state index contributed by atoms with van der Waals surface area (Å²) >= 11 is 0. The maximum Gasteiger partial charge on any atom is 0.391 e. The van der Waals surface area contributed by atoms with Gasteiger partial charge in [0.1, 0.15) is 11.6 Å². The van der Waals surface area contributed by atoms with Gasteiger partial charge in [0.15, 0.2) is 0 Å². The van der Waals surface area contributed by atoms with Crippen LogP contribution < -0.4 is 9.46 Å². The summed E-state index contributed by atoms with van der Waals surface area (Å²) in [7, 11) is -3.82. The van der Waals surface area contributed by atoms with Gasteiger partial charge < -0.3 is 4.74 Å². The van der Waals surface area contributed by atoms with Crippen molar-refractivity contribution in [2.75, 3.05) is 12.9 Å². The third-order valence-corrected chi connectivity index (χ3v) is 4.81. The van der Waals surface area contributed by atoms with Gasteiger partial charge in [-0.3, -0.25) is 4.79 Å². The van der Waals surface area contributed by atoms with Crippen molar-refractivity contribution in [3.63, 3.8) is 0 Å². The SMILES string of the molecule is CS(=O)(=O)NC(=O)c1ccc(OCC2CCC(C(F)(F)F)CC2)cc1F. The Morgan fingerprint density at radius 3 is 2.35 bits per heavy atom. The fourth-order valence-corrected chi connectivity index (χ4v) is 3.31. The molecule has 0 atom stereocenters. The lowest BCUT2D eigenvalue weighted by atomic mass is 9.82. The first-order valence-electron chi connectivity index (χ1n) is 7.97. The van der Waals surface area contributed by atoms with Gasteiger partial charge >= 0.3 is 6.18 Å². The smallest absolute Gasteiger partial charge is 0.391 e. The van der Waals surface area contributed by atoms with Gasteiger partial charge in [-0.1, -0.05) is 0 Å². The molecular formula is C16H19F4NO4S. The summed E-state index contributed by atoms with van der Waals surface area (Å²) in [6.45, 7) is 0.152. The van der Waals surface area contributed by atoms with E-state index in [-0.39, 0.29) is 31.1 Å². The van der Waals surface area contributed by atoms with Crippen LogP contribution in [-0.2, 0) is 10.0 Å². The van der Waals surface area contributed by atoms with Crippen molar-refractivity contribution in [1.82, 2.24) is 4.72 Å². The van der Waals surface area contributed by atoms with Crippen LogP contribution in [0.2, 0.25) is 0 Å². The van der Waals surface area contributed by atoms with E-state index in [0.29, 0.717) is 12.8 Å². The fourth-order valence-electron chi connectivity index (χ4n) is 2.86. The van der Waals surface area contributed by atoms with Gasteiger partial charge in [-0.15, -0.1) is 0 Å². The predicted octanol–water partition coefficient (Wildman–Crippen LogP) is 3.26. The van der Waals surface area contributed by atoms with E-state index >= 15 is 0 Å². The summed E-state index contributed by atoms with van der Waals surface area (Å²) < 4.78 is 80.9. The molecule has 1 amide bonds. The van der Waals surface area contributed by atoms with E-state index in [9.17, 15) is 30.8 Å². The lowest BCUT2D eigenvalue weighted by molar-refractivity contribution is -0.184. The highest BCUT2D eigenvalue weighted by Crippen LogP contribution is 2.39. The molecule has 1 aromatic rings. The van der Waals surface area contributed by atoms with Crippen molar-refractivity contribution in [2.45, 2.75) is 31.9 Å². The molecule has 0 saturated heterocycles. The molecule has 26 heavy (non-hydrogen) atoms. The maximum absolute atomic E-state index is 14.0. The van der Waals surface area contributed by atoms with Gasteiger partial charge in [-0.2, -0.15) is 13.2 Å². The molecule has 0 aliphatic heterocycles. The number of hydrogen-bond acceptors (Lipinski definition) is 4. The van der Waals surface area contributed by atoms with Crippen LogP contribution in [0.1, 0.15) is 36.0 Å². The third-order valence-electron chi connectivity index (χ3n) is 4.26. The zero-order valence-electron chi connectivity index (χ0n) is 14.0. The van der Waals surface area contributed by atoms with Crippen LogP contribution in [0.4, 0.5) is 17.6 Å². The summed E-state index contributed by atoms with van der Waals surface area (Å²) in [5, 5.41) is 0. The Morgan fingerprint density at radius 2 is 1.85 bits per heavy atom. The van der Waals surface area contributed by atoms with Gasteiger partial charge in [0.05, 0.1) is 24.3 Å². The number of carbonyl (C=O) groups is 1. The van der Waals surface area contributed by atoms with Gasteiger partial charge in [0.25, 0.3) is 5.91 Å². The monoisotopic (exact) mass is 397 g/mol. The molecule has 0 heterocycles. The highest BCUT2D eigenvalue weighted by molar-refractivity contribution is 7.89. The molecule has 1 aliphatic carbocycles. The number of ether oxygens (including phenoxy) is 1. The number of halogens is 4. The standard InChI is InChI=1S/C16H19F4NO4S/c1-26(23,24)21-15(22)13-7-6-12(8-14(13)17)25-9-10-2-4-11(5-3-10)16(18,19)20/h6-8,10-11H,2-5,9H2,1H3,(H,21,22). The molecule has 10 heteroatoms. The normalized spacial score (nSPS) is 21.3. The van der Waals surface area contributed by atoms with Crippen molar-refractivity contribution in [2.24, 2.45) is 11.8 Å². The second-order valence-corrected chi connectivity index (χ2v) is 8.16. The summed E-state index contributed by atoms with van der Waals surface area (Å²) in [5.74, 6) is -3.25. The minimum absolute atomic E-state index is 0.0510. The molecule has 0 radical (unpaired) electrons. The molecule has 1 aromatic carbocycles. The topological polar surface area (TPSA) is 72.5 Å². The van der Waals surface area contributed by atoms with Crippen molar-refractivity contribution in [3.05, 3.63) is 29.6 Å². The van der Waals surface area contributed by atoms with Gasteiger partial charge in [0.2, 0.25) is 10.0 Å². The molecule has 1 fully saturated rings. The first-order chi connectivity index (χ1) is 12.0. The van der Waals surface area contributed by atoms with E-state index in [1.165, 1.54) is 6.07 Å². The minimum Gasteiger partial charge on any atom is -0.493 e. The van der Waals surface area contributed by atoms with E-state index in [1.54, 1.807) is 4.72 Å².